The highest BCUT2D eigenvalue weighted by molar-refractivity contribution is 5.85. The summed E-state index contributed by atoms with van der Waals surface area (Å²) in [6.07, 6.45) is 3.37. The second-order valence-corrected chi connectivity index (χ2v) is 5.33. The summed E-state index contributed by atoms with van der Waals surface area (Å²) in [5, 5.41) is 10.9. The molecule has 1 N–H and O–H groups in total. The summed E-state index contributed by atoms with van der Waals surface area (Å²) in [5.41, 5.74) is 0.110. The molecule has 4 nitrogen and oxygen atoms in total. The number of hydrogen-bond acceptors (Lipinski definition) is 4. The Morgan fingerprint density at radius 1 is 1.15 bits per heavy atom. The van der Waals surface area contributed by atoms with E-state index >= 15 is 0 Å². The number of Topliss-reactive ketones (excluding diaryl/α,β-unsaturated/α-hetero) is 1. The van der Waals surface area contributed by atoms with E-state index in [1.807, 2.05) is 0 Å². The van der Waals surface area contributed by atoms with Crippen molar-refractivity contribution in [1.29, 1.82) is 0 Å². The topological polar surface area (TPSA) is 67.5 Å². The van der Waals surface area contributed by atoms with Crippen molar-refractivity contribution < 1.29 is 14.3 Å². The molecule has 0 spiro atoms. The van der Waals surface area contributed by atoms with Gasteiger partial charge in [0.05, 0.1) is 10.9 Å². The third kappa shape index (κ3) is 2.22. The Bertz CT molecular complexity index is 714. The number of hydrogen-bond donors (Lipinski definition) is 1. The van der Waals surface area contributed by atoms with E-state index in [2.05, 4.69) is 0 Å². The average Bonchev–Trinajstić information content (AvgIpc) is 2.63. The molecule has 0 unspecified atom stereocenters. The van der Waals surface area contributed by atoms with Gasteiger partial charge in [-0.2, -0.15) is 0 Å². The minimum atomic E-state index is -0.527. The number of ketones is 1. The van der Waals surface area contributed by atoms with Gasteiger partial charge in [0.25, 0.3) is 0 Å². The molecule has 0 saturated heterocycles. The number of fused-ring (bicyclic) bond motifs is 1. The van der Waals surface area contributed by atoms with Gasteiger partial charge in [-0.3, -0.25) is 4.79 Å². The van der Waals surface area contributed by atoms with E-state index in [9.17, 15) is 14.7 Å². The van der Waals surface area contributed by atoms with Crippen LogP contribution in [0, 0.1) is 0 Å². The number of carbonyl (C=O) groups excluding carboxylic acids is 1. The summed E-state index contributed by atoms with van der Waals surface area (Å²) in [6.45, 7) is 0. The van der Waals surface area contributed by atoms with Crippen molar-refractivity contribution >= 4 is 16.8 Å². The molecule has 0 bridgehead atoms. The Balaban J connectivity index is 2.15. The second kappa shape index (κ2) is 5.12. The van der Waals surface area contributed by atoms with Crippen LogP contribution < -0.4 is 5.63 Å². The van der Waals surface area contributed by atoms with E-state index in [1.165, 1.54) is 0 Å². The van der Waals surface area contributed by atoms with Crippen LogP contribution in [-0.4, -0.2) is 10.9 Å². The van der Waals surface area contributed by atoms with Crippen molar-refractivity contribution in [3.63, 3.8) is 0 Å². The fraction of sp³-hybridized carbons (Fsp3) is 0.375. The van der Waals surface area contributed by atoms with Crippen LogP contribution in [0.1, 0.15) is 43.6 Å². The number of carbonyl (C=O) groups is 1. The van der Waals surface area contributed by atoms with Gasteiger partial charge in [0.1, 0.15) is 17.1 Å². The van der Waals surface area contributed by atoms with E-state index in [1.54, 1.807) is 24.3 Å². The van der Waals surface area contributed by atoms with Crippen LogP contribution in [0.2, 0.25) is 0 Å². The van der Waals surface area contributed by atoms with Crippen LogP contribution in [0.5, 0.6) is 5.75 Å². The van der Waals surface area contributed by atoms with Crippen LogP contribution in [0.25, 0.3) is 11.0 Å². The summed E-state index contributed by atoms with van der Waals surface area (Å²) in [7, 11) is 0. The van der Waals surface area contributed by atoms with Gasteiger partial charge in [0.15, 0.2) is 0 Å². The smallest absolute Gasteiger partial charge is 0.343 e. The van der Waals surface area contributed by atoms with Crippen molar-refractivity contribution in [2.24, 2.45) is 0 Å². The van der Waals surface area contributed by atoms with Gasteiger partial charge in [0, 0.05) is 18.8 Å². The lowest BCUT2D eigenvalue weighted by Gasteiger charge is -2.14. The molecule has 0 radical (unpaired) electrons. The van der Waals surface area contributed by atoms with E-state index in [-0.39, 0.29) is 23.0 Å². The van der Waals surface area contributed by atoms with Gasteiger partial charge < -0.3 is 9.52 Å². The molecule has 3 rings (SSSR count). The van der Waals surface area contributed by atoms with E-state index in [4.69, 9.17) is 4.42 Å². The van der Waals surface area contributed by atoms with Crippen LogP contribution in [-0.2, 0) is 4.79 Å². The first-order valence-corrected chi connectivity index (χ1v) is 6.93. The largest absolute Gasteiger partial charge is 0.507 e. The Morgan fingerprint density at radius 2 is 1.95 bits per heavy atom. The lowest BCUT2D eigenvalue weighted by molar-refractivity contribution is -0.119. The van der Waals surface area contributed by atoms with E-state index in [0.717, 1.165) is 19.3 Å². The number of para-hydroxylation sites is 1. The molecule has 1 aromatic heterocycles. The first kappa shape index (κ1) is 12.9. The molecule has 0 aliphatic heterocycles. The minimum absolute atomic E-state index is 0.0310. The molecule has 2 aromatic rings. The van der Waals surface area contributed by atoms with Crippen LogP contribution in [0.4, 0.5) is 0 Å². The molecule has 0 amide bonds. The van der Waals surface area contributed by atoms with Gasteiger partial charge in [0.2, 0.25) is 0 Å². The molecule has 1 aliphatic carbocycles. The van der Waals surface area contributed by atoms with Crippen molar-refractivity contribution in [2.45, 2.75) is 38.0 Å². The molecule has 20 heavy (non-hydrogen) atoms. The summed E-state index contributed by atoms with van der Waals surface area (Å²) in [6, 6.07) is 6.90. The zero-order valence-electron chi connectivity index (χ0n) is 11.1. The average molecular weight is 272 g/mol. The molecular weight excluding hydrogens is 256 g/mol. The van der Waals surface area contributed by atoms with Crippen molar-refractivity contribution in [2.75, 3.05) is 0 Å². The summed E-state index contributed by atoms with van der Waals surface area (Å²) in [5.74, 6) is -0.109. The second-order valence-electron chi connectivity index (χ2n) is 5.33. The van der Waals surface area contributed by atoms with Crippen molar-refractivity contribution in [3.8, 4) is 5.75 Å². The molecule has 1 aromatic carbocycles. The Labute approximate surface area is 116 Å². The van der Waals surface area contributed by atoms with Gasteiger partial charge >= 0.3 is 5.63 Å². The normalized spacial score (nSPS) is 20.0. The van der Waals surface area contributed by atoms with E-state index in [0.29, 0.717) is 23.8 Å². The first-order chi connectivity index (χ1) is 9.66. The van der Waals surface area contributed by atoms with Crippen LogP contribution in [0.3, 0.4) is 0 Å². The molecule has 1 heterocycles. The molecule has 104 valence electrons. The maximum absolute atomic E-state index is 12.1. The quantitative estimate of drug-likeness (QED) is 0.639. The maximum Gasteiger partial charge on any atom is 0.343 e. The third-order valence-electron chi connectivity index (χ3n) is 3.96. The zero-order chi connectivity index (χ0) is 14.1. The van der Waals surface area contributed by atoms with Crippen LogP contribution in [0.15, 0.2) is 33.5 Å². The van der Waals surface area contributed by atoms with E-state index < -0.39 is 5.63 Å². The number of rotatable bonds is 1. The maximum atomic E-state index is 12.1. The summed E-state index contributed by atoms with van der Waals surface area (Å²) in [4.78, 5) is 23.9. The third-order valence-corrected chi connectivity index (χ3v) is 3.96. The fourth-order valence-electron chi connectivity index (χ4n) is 2.95. The molecular formula is C16H16O4. The molecule has 1 aliphatic rings. The van der Waals surface area contributed by atoms with Crippen molar-refractivity contribution in [1.82, 2.24) is 0 Å². The van der Waals surface area contributed by atoms with Crippen molar-refractivity contribution in [3.05, 3.63) is 40.2 Å². The highest BCUT2D eigenvalue weighted by Crippen LogP contribution is 2.36. The predicted molar refractivity (Wildman–Crippen MR) is 75.0 cm³/mol. The summed E-state index contributed by atoms with van der Waals surface area (Å²) >= 11 is 0. The molecule has 1 saturated carbocycles. The van der Waals surface area contributed by atoms with Gasteiger partial charge in [-0.05, 0) is 25.0 Å². The Kier molecular flexibility index (Phi) is 3.30. The standard InChI is InChI=1S/C16H16O4/c17-11-6-2-1-5-10(9-11)14-15(18)12-7-3-4-8-13(12)20-16(14)19/h3-4,7-8,10,18H,1-2,5-6,9H2/t10-/m0/s1. The number of benzene rings is 1. The fourth-order valence-corrected chi connectivity index (χ4v) is 2.95. The highest BCUT2D eigenvalue weighted by Gasteiger charge is 2.26. The molecule has 1 fully saturated rings. The molecule has 4 heteroatoms. The summed E-state index contributed by atoms with van der Waals surface area (Å²) < 4.78 is 5.28. The highest BCUT2D eigenvalue weighted by atomic mass is 16.4. The predicted octanol–water partition coefficient (Wildman–Crippen LogP) is 3.12. The molecule has 1 atom stereocenters. The lowest BCUT2D eigenvalue weighted by Crippen LogP contribution is -2.15. The minimum Gasteiger partial charge on any atom is -0.507 e. The lowest BCUT2D eigenvalue weighted by atomic mass is 9.91. The number of aromatic hydroxyl groups is 1. The van der Waals surface area contributed by atoms with Gasteiger partial charge in [-0.25, -0.2) is 4.79 Å². The Hall–Kier alpha value is -2.10. The van der Waals surface area contributed by atoms with Gasteiger partial charge in [-0.15, -0.1) is 0 Å². The Morgan fingerprint density at radius 3 is 2.80 bits per heavy atom. The first-order valence-electron chi connectivity index (χ1n) is 6.93. The SMILES string of the molecule is O=C1CCCC[C@H](c2c(O)c3ccccc3oc2=O)C1. The monoisotopic (exact) mass is 272 g/mol. The van der Waals surface area contributed by atoms with Crippen LogP contribution >= 0.6 is 0 Å². The zero-order valence-corrected chi connectivity index (χ0v) is 11.1. The van der Waals surface area contributed by atoms with Gasteiger partial charge in [-0.1, -0.05) is 18.6 Å².